The van der Waals surface area contributed by atoms with Gasteiger partial charge < -0.3 is 15.5 Å². The number of hydrogen-bond donors (Lipinski definition) is 3. The van der Waals surface area contributed by atoms with Crippen LogP contribution in [0, 0.1) is 5.92 Å². The summed E-state index contributed by atoms with van der Waals surface area (Å²) in [6, 6.07) is 0.0407. The van der Waals surface area contributed by atoms with Gasteiger partial charge in [-0.1, -0.05) is 0 Å². The maximum Gasteiger partial charge on any atom is 0.404 e. The topological polar surface area (TPSA) is 69.6 Å². The second kappa shape index (κ2) is 2.94. The molecule has 1 aliphatic rings. The highest BCUT2D eigenvalue weighted by Gasteiger charge is 2.39. The van der Waals surface area contributed by atoms with Crippen LogP contribution in [0.15, 0.2) is 0 Å². The van der Waals surface area contributed by atoms with Gasteiger partial charge in [0.15, 0.2) is 0 Å². The van der Waals surface area contributed by atoms with Crippen LogP contribution in [0.1, 0.15) is 26.7 Å². The zero-order valence-corrected chi connectivity index (χ0v) is 7.37. The zero-order chi connectivity index (χ0) is 9.35. The number of hydrogen-bond acceptors (Lipinski definition) is 2. The number of aliphatic hydroxyl groups is 1. The predicted octanol–water partition coefficient (Wildman–Crippen LogP) is 0.803. The highest BCUT2D eigenvalue weighted by atomic mass is 16.4. The first kappa shape index (κ1) is 9.32. The summed E-state index contributed by atoms with van der Waals surface area (Å²) in [5.41, 5.74) is -0.670. The Balaban J connectivity index is 2.25. The molecule has 0 aliphatic heterocycles. The maximum atomic E-state index is 10.2. The van der Waals surface area contributed by atoms with Crippen molar-refractivity contribution in [3.8, 4) is 0 Å². The van der Waals surface area contributed by atoms with E-state index in [1.54, 1.807) is 13.8 Å². The van der Waals surface area contributed by atoms with Crippen LogP contribution in [-0.2, 0) is 0 Å². The molecule has 0 unspecified atom stereocenters. The van der Waals surface area contributed by atoms with Gasteiger partial charge >= 0.3 is 6.09 Å². The average molecular weight is 173 g/mol. The van der Waals surface area contributed by atoms with Crippen molar-refractivity contribution in [1.29, 1.82) is 0 Å². The summed E-state index contributed by atoms with van der Waals surface area (Å²) in [5, 5.41) is 20.3. The van der Waals surface area contributed by atoms with Crippen molar-refractivity contribution in [1.82, 2.24) is 5.32 Å². The van der Waals surface area contributed by atoms with Crippen molar-refractivity contribution in [3.63, 3.8) is 0 Å². The van der Waals surface area contributed by atoms with Gasteiger partial charge in [-0.05, 0) is 32.6 Å². The Kier molecular flexibility index (Phi) is 2.28. The normalized spacial score (nSPS) is 29.2. The third-order valence-electron chi connectivity index (χ3n) is 2.46. The van der Waals surface area contributed by atoms with Gasteiger partial charge in [0.25, 0.3) is 0 Å². The van der Waals surface area contributed by atoms with E-state index in [1.165, 1.54) is 0 Å². The van der Waals surface area contributed by atoms with Gasteiger partial charge in [0.05, 0.1) is 5.60 Å². The molecule has 3 N–H and O–H groups in total. The molecule has 0 atom stereocenters. The Bertz CT molecular complexity index is 179. The molecule has 1 fully saturated rings. The number of carboxylic acid groups (broad SMARTS) is 1. The molecular formula is C8H15NO3. The number of amides is 1. The highest BCUT2D eigenvalue weighted by molar-refractivity contribution is 5.65. The number of nitrogens with one attached hydrogen (secondary N) is 1. The van der Waals surface area contributed by atoms with Gasteiger partial charge in [-0.2, -0.15) is 0 Å². The van der Waals surface area contributed by atoms with Crippen molar-refractivity contribution < 1.29 is 15.0 Å². The van der Waals surface area contributed by atoms with E-state index in [2.05, 4.69) is 5.32 Å². The Morgan fingerprint density at radius 2 is 2.00 bits per heavy atom. The largest absolute Gasteiger partial charge is 0.465 e. The molecule has 4 heteroatoms. The minimum atomic E-state index is -0.978. The van der Waals surface area contributed by atoms with Gasteiger partial charge in [0.1, 0.15) is 0 Å². The molecule has 1 amide bonds. The Hall–Kier alpha value is -0.770. The molecule has 0 aromatic carbocycles. The fourth-order valence-corrected chi connectivity index (χ4v) is 1.49. The molecule has 0 aromatic rings. The standard InChI is InChI=1S/C8H15NO3/c1-8(2,12)5-3-6(4-5)9-7(10)11/h5-6,9,12H,3-4H2,1-2H3,(H,10,11). The van der Waals surface area contributed by atoms with Crippen molar-refractivity contribution in [2.24, 2.45) is 5.92 Å². The van der Waals surface area contributed by atoms with E-state index >= 15 is 0 Å². The molecule has 1 aliphatic carbocycles. The zero-order valence-electron chi connectivity index (χ0n) is 7.37. The molecule has 0 aromatic heterocycles. The Morgan fingerprint density at radius 1 is 1.50 bits per heavy atom. The third-order valence-corrected chi connectivity index (χ3v) is 2.46. The lowest BCUT2D eigenvalue weighted by Crippen LogP contribution is -2.50. The van der Waals surface area contributed by atoms with Crippen molar-refractivity contribution in [2.45, 2.75) is 38.3 Å². The molecule has 1 rings (SSSR count). The van der Waals surface area contributed by atoms with Crippen LogP contribution in [-0.4, -0.2) is 27.9 Å². The van der Waals surface area contributed by atoms with Crippen molar-refractivity contribution >= 4 is 6.09 Å². The summed E-state index contributed by atoms with van der Waals surface area (Å²) in [7, 11) is 0. The first-order valence-corrected chi connectivity index (χ1v) is 4.11. The van der Waals surface area contributed by atoms with Crippen molar-refractivity contribution in [2.75, 3.05) is 0 Å². The summed E-state index contributed by atoms with van der Waals surface area (Å²) < 4.78 is 0. The smallest absolute Gasteiger partial charge is 0.404 e. The van der Waals surface area contributed by atoms with Gasteiger partial charge in [0.2, 0.25) is 0 Å². The van der Waals surface area contributed by atoms with E-state index < -0.39 is 11.7 Å². The SMILES string of the molecule is CC(C)(O)C1CC(NC(=O)O)C1. The van der Waals surface area contributed by atoms with Crippen LogP contribution in [0.25, 0.3) is 0 Å². The highest BCUT2D eigenvalue weighted by Crippen LogP contribution is 2.35. The molecular weight excluding hydrogens is 158 g/mol. The van der Waals surface area contributed by atoms with Crippen LogP contribution in [0.2, 0.25) is 0 Å². The molecule has 70 valence electrons. The molecule has 4 nitrogen and oxygen atoms in total. The summed E-state index contributed by atoms with van der Waals surface area (Å²) in [6.07, 6.45) is 0.514. The first-order chi connectivity index (χ1) is 5.39. The number of carbonyl (C=O) groups is 1. The van der Waals surface area contributed by atoms with Crippen LogP contribution in [0.4, 0.5) is 4.79 Å². The van der Waals surface area contributed by atoms with Gasteiger partial charge in [-0.3, -0.25) is 0 Å². The lowest BCUT2D eigenvalue weighted by molar-refractivity contribution is -0.0310. The molecule has 1 saturated carbocycles. The van der Waals surface area contributed by atoms with E-state index in [0.717, 1.165) is 12.8 Å². The minimum absolute atomic E-state index is 0.0407. The summed E-state index contributed by atoms with van der Waals surface area (Å²) in [4.78, 5) is 10.2. The second-order valence-corrected chi connectivity index (χ2v) is 3.97. The quantitative estimate of drug-likeness (QED) is 0.578. The minimum Gasteiger partial charge on any atom is -0.465 e. The second-order valence-electron chi connectivity index (χ2n) is 3.97. The Labute approximate surface area is 71.6 Å². The van der Waals surface area contributed by atoms with E-state index in [0.29, 0.717) is 0 Å². The van der Waals surface area contributed by atoms with Crippen LogP contribution < -0.4 is 5.32 Å². The number of rotatable bonds is 2. The molecule has 0 saturated heterocycles. The fraction of sp³-hybridized carbons (Fsp3) is 0.875. The van der Waals surface area contributed by atoms with E-state index in [9.17, 15) is 9.90 Å². The maximum absolute atomic E-state index is 10.2. The molecule has 0 heterocycles. The van der Waals surface area contributed by atoms with Crippen LogP contribution in [0.5, 0.6) is 0 Å². The van der Waals surface area contributed by atoms with Crippen molar-refractivity contribution in [3.05, 3.63) is 0 Å². The third kappa shape index (κ3) is 2.11. The van der Waals surface area contributed by atoms with Crippen LogP contribution in [0.3, 0.4) is 0 Å². The van der Waals surface area contributed by atoms with Gasteiger partial charge in [-0.25, -0.2) is 4.79 Å². The molecule has 12 heavy (non-hydrogen) atoms. The lowest BCUT2D eigenvalue weighted by atomic mass is 9.71. The van der Waals surface area contributed by atoms with E-state index in [4.69, 9.17) is 5.11 Å². The monoisotopic (exact) mass is 173 g/mol. The van der Waals surface area contributed by atoms with Gasteiger partial charge in [0, 0.05) is 6.04 Å². The molecule has 0 bridgehead atoms. The molecule has 0 spiro atoms. The molecule has 0 radical (unpaired) electrons. The average Bonchev–Trinajstić information content (AvgIpc) is 1.73. The predicted molar refractivity (Wildman–Crippen MR) is 44.0 cm³/mol. The Morgan fingerprint density at radius 3 is 2.33 bits per heavy atom. The van der Waals surface area contributed by atoms with E-state index in [-0.39, 0.29) is 12.0 Å². The van der Waals surface area contributed by atoms with Crippen LogP contribution >= 0.6 is 0 Å². The summed E-state index contributed by atoms with van der Waals surface area (Å²) in [5.74, 6) is 0.231. The summed E-state index contributed by atoms with van der Waals surface area (Å²) >= 11 is 0. The summed E-state index contributed by atoms with van der Waals surface area (Å²) in [6.45, 7) is 3.52. The van der Waals surface area contributed by atoms with E-state index in [1.807, 2.05) is 0 Å². The van der Waals surface area contributed by atoms with Gasteiger partial charge in [-0.15, -0.1) is 0 Å². The first-order valence-electron chi connectivity index (χ1n) is 4.11. The fourth-order valence-electron chi connectivity index (χ4n) is 1.49. The lowest BCUT2D eigenvalue weighted by Gasteiger charge is -2.42.